The molecule has 1 atom stereocenters. The van der Waals surface area contributed by atoms with Crippen molar-refractivity contribution in [2.24, 2.45) is 11.1 Å². The molecule has 1 aromatic rings. The van der Waals surface area contributed by atoms with Crippen LogP contribution in [-0.2, 0) is 0 Å². The summed E-state index contributed by atoms with van der Waals surface area (Å²) in [5.41, 5.74) is 10.9. The summed E-state index contributed by atoms with van der Waals surface area (Å²) in [7, 11) is 2.24. The van der Waals surface area contributed by atoms with Gasteiger partial charge in [0.2, 0.25) is 0 Å². The van der Waals surface area contributed by atoms with Gasteiger partial charge in [-0.25, -0.2) is 0 Å². The summed E-state index contributed by atoms with van der Waals surface area (Å²) in [6.45, 7) is 10.0. The first-order valence-electron chi connectivity index (χ1n) is 8.31. The first kappa shape index (κ1) is 16.5. The van der Waals surface area contributed by atoms with Crippen LogP contribution in [0.25, 0.3) is 0 Å². The first-order chi connectivity index (χ1) is 9.78. The van der Waals surface area contributed by atoms with E-state index >= 15 is 0 Å². The van der Waals surface area contributed by atoms with E-state index in [1.807, 2.05) is 0 Å². The van der Waals surface area contributed by atoms with Crippen LogP contribution < -0.4 is 5.73 Å². The summed E-state index contributed by atoms with van der Waals surface area (Å²) in [6.07, 6.45) is 5.29. The smallest absolute Gasteiger partial charge is 0.0426 e. The zero-order valence-electron chi connectivity index (χ0n) is 14.4. The molecule has 1 aliphatic carbocycles. The summed E-state index contributed by atoms with van der Waals surface area (Å²) in [5, 5.41) is 0. The quantitative estimate of drug-likeness (QED) is 0.899. The molecule has 2 N–H and O–H groups in total. The van der Waals surface area contributed by atoms with E-state index in [-0.39, 0.29) is 6.04 Å². The summed E-state index contributed by atoms with van der Waals surface area (Å²) >= 11 is 0. The van der Waals surface area contributed by atoms with Crippen LogP contribution in [-0.4, -0.2) is 24.5 Å². The van der Waals surface area contributed by atoms with E-state index < -0.39 is 0 Å². The minimum atomic E-state index is 0.116. The van der Waals surface area contributed by atoms with E-state index in [1.165, 1.54) is 42.4 Å². The second-order valence-corrected chi connectivity index (χ2v) is 7.80. The van der Waals surface area contributed by atoms with Crippen LogP contribution in [0.1, 0.15) is 62.3 Å². The van der Waals surface area contributed by atoms with Gasteiger partial charge < -0.3 is 10.6 Å². The molecule has 0 heterocycles. The fourth-order valence-corrected chi connectivity index (χ4v) is 3.54. The molecule has 0 radical (unpaired) electrons. The molecule has 118 valence electrons. The highest BCUT2D eigenvalue weighted by molar-refractivity contribution is 5.33. The number of aryl methyl sites for hydroxylation is 2. The molecular weight excluding hydrogens is 256 g/mol. The number of rotatable bonds is 4. The maximum atomic E-state index is 6.48. The molecule has 2 nitrogen and oxygen atoms in total. The fraction of sp³-hybridized carbons (Fsp3) is 0.684. The van der Waals surface area contributed by atoms with Gasteiger partial charge in [0.1, 0.15) is 0 Å². The topological polar surface area (TPSA) is 29.3 Å². The number of likely N-dealkylation sites (N-methyl/N-ethyl adjacent to an activating group) is 1. The molecule has 1 saturated carbocycles. The Kier molecular flexibility index (Phi) is 5.11. The van der Waals surface area contributed by atoms with Crippen molar-refractivity contribution in [3.63, 3.8) is 0 Å². The van der Waals surface area contributed by atoms with Gasteiger partial charge in [-0.3, -0.25) is 0 Å². The average molecular weight is 288 g/mol. The molecule has 0 aliphatic heterocycles. The lowest BCUT2D eigenvalue weighted by atomic mass is 9.75. The third-order valence-electron chi connectivity index (χ3n) is 5.25. The lowest BCUT2D eigenvalue weighted by Crippen LogP contribution is -2.40. The molecule has 0 aromatic heterocycles. The number of nitrogens with zero attached hydrogens (tertiary/aromatic N) is 1. The van der Waals surface area contributed by atoms with Crippen LogP contribution in [0.15, 0.2) is 18.2 Å². The Hall–Kier alpha value is -0.860. The van der Waals surface area contributed by atoms with Gasteiger partial charge in [0.15, 0.2) is 0 Å². The number of benzene rings is 1. The van der Waals surface area contributed by atoms with Gasteiger partial charge in [0, 0.05) is 18.6 Å². The number of hydrogen-bond donors (Lipinski definition) is 1. The molecule has 0 amide bonds. The number of hydrogen-bond acceptors (Lipinski definition) is 2. The van der Waals surface area contributed by atoms with Crippen LogP contribution in [0.4, 0.5) is 0 Å². The largest absolute Gasteiger partial charge is 0.323 e. The Balaban J connectivity index is 1.96. The fourth-order valence-electron chi connectivity index (χ4n) is 3.54. The van der Waals surface area contributed by atoms with Crippen molar-refractivity contribution in [2.75, 3.05) is 13.6 Å². The normalized spacial score (nSPS) is 20.7. The highest BCUT2D eigenvalue weighted by Crippen LogP contribution is 2.36. The van der Waals surface area contributed by atoms with E-state index in [2.05, 4.69) is 57.8 Å². The Labute approximate surface area is 130 Å². The monoisotopic (exact) mass is 288 g/mol. The van der Waals surface area contributed by atoms with Gasteiger partial charge in [0.25, 0.3) is 0 Å². The minimum absolute atomic E-state index is 0.116. The van der Waals surface area contributed by atoms with Gasteiger partial charge in [-0.15, -0.1) is 0 Å². The Morgan fingerprint density at radius 3 is 2.48 bits per heavy atom. The second-order valence-electron chi connectivity index (χ2n) is 7.80. The van der Waals surface area contributed by atoms with Crippen LogP contribution in [0, 0.1) is 19.3 Å². The second kappa shape index (κ2) is 6.50. The molecule has 0 spiro atoms. The van der Waals surface area contributed by atoms with Crippen LogP contribution in [0.2, 0.25) is 0 Å². The molecule has 1 aromatic carbocycles. The lowest BCUT2D eigenvalue weighted by molar-refractivity contribution is 0.123. The Morgan fingerprint density at radius 2 is 1.86 bits per heavy atom. The molecule has 0 bridgehead atoms. The molecular formula is C19H32N2. The Morgan fingerprint density at radius 1 is 1.24 bits per heavy atom. The van der Waals surface area contributed by atoms with E-state index in [4.69, 9.17) is 5.73 Å². The predicted octanol–water partition coefficient (Wildman–Crippen LogP) is 4.20. The average Bonchev–Trinajstić information content (AvgIpc) is 2.41. The number of nitrogens with two attached hydrogens (primary N) is 1. The predicted molar refractivity (Wildman–Crippen MR) is 91.5 cm³/mol. The molecule has 1 fully saturated rings. The maximum Gasteiger partial charge on any atom is 0.0426 e. The van der Waals surface area contributed by atoms with Crippen molar-refractivity contribution in [2.45, 2.75) is 65.5 Å². The summed E-state index contributed by atoms with van der Waals surface area (Å²) in [6, 6.07) is 7.42. The molecule has 2 rings (SSSR count). The highest BCUT2D eigenvalue weighted by atomic mass is 15.1. The lowest BCUT2D eigenvalue weighted by Gasteiger charge is -2.39. The summed E-state index contributed by atoms with van der Waals surface area (Å²) in [4.78, 5) is 2.49. The van der Waals surface area contributed by atoms with Crippen LogP contribution >= 0.6 is 0 Å². The SMILES string of the molecule is Cc1ccc(C)c(C(N)CN(C)C2CCC(C)(C)CC2)c1. The molecule has 1 unspecified atom stereocenters. The van der Waals surface area contributed by atoms with Crippen LogP contribution in [0.3, 0.4) is 0 Å². The van der Waals surface area contributed by atoms with Crippen molar-refractivity contribution in [1.82, 2.24) is 4.90 Å². The summed E-state index contributed by atoms with van der Waals surface area (Å²) < 4.78 is 0. The van der Waals surface area contributed by atoms with Crippen molar-refractivity contribution in [1.29, 1.82) is 0 Å². The van der Waals surface area contributed by atoms with Crippen molar-refractivity contribution < 1.29 is 0 Å². The Bertz CT molecular complexity index is 468. The van der Waals surface area contributed by atoms with E-state index in [1.54, 1.807) is 0 Å². The van der Waals surface area contributed by atoms with Crippen LogP contribution in [0.5, 0.6) is 0 Å². The molecule has 1 aliphatic rings. The molecule has 2 heteroatoms. The standard InChI is InChI=1S/C19H32N2/c1-14-6-7-15(2)17(12-14)18(20)13-21(5)16-8-10-19(3,4)11-9-16/h6-7,12,16,18H,8-11,13,20H2,1-5H3. The van der Waals surface area contributed by atoms with Gasteiger partial charge in [0.05, 0.1) is 0 Å². The van der Waals surface area contributed by atoms with E-state index in [0.29, 0.717) is 11.5 Å². The van der Waals surface area contributed by atoms with Gasteiger partial charge in [-0.2, -0.15) is 0 Å². The summed E-state index contributed by atoms with van der Waals surface area (Å²) in [5.74, 6) is 0. The van der Waals surface area contributed by atoms with E-state index in [9.17, 15) is 0 Å². The third kappa shape index (κ3) is 4.31. The minimum Gasteiger partial charge on any atom is -0.323 e. The highest BCUT2D eigenvalue weighted by Gasteiger charge is 2.29. The zero-order valence-corrected chi connectivity index (χ0v) is 14.4. The first-order valence-corrected chi connectivity index (χ1v) is 8.31. The molecule has 21 heavy (non-hydrogen) atoms. The van der Waals surface area contributed by atoms with Crippen molar-refractivity contribution >= 4 is 0 Å². The zero-order chi connectivity index (χ0) is 15.6. The molecule has 0 saturated heterocycles. The maximum absolute atomic E-state index is 6.48. The van der Waals surface area contributed by atoms with Gasteiger partial charge >= 0.3 is 0 Å². The third-order valence-corrected chi connectivity index (χ3v) is 5.25. The van der Waals surface area contributed by atoms with Crippen molar-refractivity contribution in [3.05, 3.63) is 34.9 Å². The van der Waals surface area contributed by atoms with Crippen molar-refractivity contribution in [3.8, 4) is 0 Å². The van der Waals surface area contributed by atoms with Gasteiger partial charge in [-0.1, -0.05) is 37.6 Å². The van der Waals surface area contributed by atoms with Gasteiger partial charge in [-0.05, 0) is 63.1 Å². The van der Waals surface area contributed by atoms with E-state index in [0.717, 1.165) is 6.54 Å².